The molecule has 5 nitrogen and oxygen atoms in total. The molecular formula is C16H23ClN2O3. The molecule has 1 fully saturated rings. The third kappa shape index (κ3) is 5.57. The van der Waals surface area contributed by atoms with Crippen LogP contribution in [0.5, 0.6) is 0 Å². The number of rotatable bonds is 7. The Morgan fingerprint density at radius 2 is 2.32 bits per heavy atom. The lowest BCUT2D eigenvalue weighted by molar-refractivity contribution is -0.116. The largest absolute Gasteiger partial charge is 0.376 e. The van der Waals surface area contributed by atoms with Crippen LogP contribution >= 0.6 is 11.6 Å². The molecule has 122 valence electrons. The standard InChI is InChI=1S/C16H23ClN2O3/c1-2-14(15-11-21-8-9-22-15)18-7-6-16(20)19-13-5-3-4-12(17)10-13/h3-5,10,14-15,18H,2,6-9,11H2,1H3,(H,19,20). The summed E-state index contributed by atoms with van der Waals surface area (Å²) >= 11 is 5.89. The fourth-order valence-corrected chi connectivity index (χ4v) is 2.63. The molecule has 22 heavy (non-hydrogen) atoms. The number of carbonyl (C=O) groups excluding carboxylic acids is 1. The summed E-state index contributed by atoms with van der Waals surface area (Å²) in [6.07, 6.45) is 1.40. The highest BCUT2D eigenvalue weighted by atomic mass is 35.5. The molecule has 0 bridgehead atoms. The van der Waals surface area contributed by atoms with Crippen LogP contribution in [0, 0.1) is 0 Å². The fourth-order valence-electron chi connectivity index (χ4n) is 2.44. The van der Waals surface area contributed by atoms with Gasteiger partial charge in [-0.2, -0.15) is 0 Å². The molecule has 6 heteroatoms. The molecule has 1 aliphatic heterocycles. The predicted octanol–water partition coefficient (Wildman–Crippen LogP) is 2.45. The van der Waals surface area contributed by atoms with Crippen LogP contribution in [-0.2, 0) is 14.3 Å². The number of amides is 1. The van der Waals surface area contributed by atoms with E-state index in [0.717, 1.165) is 6.42 Å². The Morgan fingerprint density at radius 1 is 1.45 bits per heavy atom. The van der Waals surface area contributed by atoms with Gasteiger partial charge in [-0.25, -0.2) is 0 Å². The Morgan fingerprint density at radius 3 is 3.00 bits per heavy atom. The molecule has 1 heterocycles. The molecule has 1 aliphatic rings. The molecule has 1 amide bonds. The first-order valence-electron chi connectivity index (χ1n) is 7.67. The second-order valence-corrected chi connectivity index (χ2v) is 5.70. The SMILES string of the molecule is CCC(NCCC(=O)Nc1cccc(Cl)c1)C1COCCO1. The van der Waals surface area contributed by atoms with Gasteiger partial charge in [-0.15, -0.1) is 0 Å². The Balaban J connectivity index is 1.71. The lowest BCUT2D eigenvalue weighted by atomic mass is 10.1. The van der Waals surface area contributed by atoms with Gasteiger partial charge >= 0.3 is 0 Å². The minimum absolute atomic E-state index is 0.0366. The first kappa shape index (κ1) is 17.2. The molecule has 0 aliphatic carbocycles. The van der Waals surface area contributed by atoms with Gasteiger partial charge in [0.05, 0.1) is 25.9 Å². The smallest absolute Gasteiger partial charge is 0.225 e. The van der Waals surface area contributed by atoms with Gasteiger partial charge in [0.25, 0.3) is 0 Å². The molecule has 2 N–H and O–H groups in total. The number of ether oxygens (including phenoxy) is 2. The maximum Gasteiger partial charge on any atom is 0.225 e. The first-order valence-corrected chi connectivity index (χ1v) is 8.05. The number of benzene rings is 1. The summed E-state index contributed by atoms with van der Waals surface area (Å²) in [5.74, 6) is -0.0366. The zero-order valence-corrected chi connectivity index (χ0v) is 13.6. The second kappa shape index (κ2) is 9.10. The van der Waals surface area contributed by atoms with E-state index < -0.39 is 0 Å². The second-order valence-electron chi connectivity index (χ2n) is 5.26. The van der Waals surface area contributed by atoms with E-state index in [1.165, 1.54) is 0 Å². The Bertz CT molecular complexity index is 478. The van der Waals surface area contributed by atoms with E-state index in [1.807, 2.05) is 12.1 Å². The van der Waals surface area contributed by atoms with Crippen LogP contribution in [0.2, 0.25) is 5.02 Å². The van der Waals surface area contributed by atoms with E-state index in [-0.39, 0.29) is 18.1 Å². The summed E-state index contributed by atoms with van der Waals surface area (Å²) in [5, 5.41) is 6.82. The van der Waals surface area contributed by atoms with E-state index >= 15 is 0 Å². The summed E-state index contributed by atoms with van der Waals surface area (Å²) < 4.78 is 11.1. The van der Waals surface area contributed by atoms with Crippen LogP contribution in [0.15, 0.2) is 24.3 Å². The van der Waals surface area contributed by atoms with Gasteiger partial charge in [-0.1, -0.05) is 24.6 Å². The van der Waals surface area contributed by atoms with Crippen LogP contribution in [0.25, 0.3) is 0 Å². The summed E-state index contributed by atoms with van der Waals surface area (Å²) in [5.41, 5.74) is 0.716. The Kier molecular flexibility index (Phi) is 7.12. The van der Waals surface area contributed by atoms with Gasteiger partial charge in [0.2, 0.25) is 5.91 Å². The predicted molar refractivity (Wildman–Crippen MR) is 87.3 cm³/mol. The van der Waals surface area contributed by atoms with Gasteiger partial charge in [-0.3, -0.25) is 4.79 Å². The molecule has 2 rings (SSSR count). The van der Waals surface area contributed by atoms with Crippen molar-refractivity contribution in [2.75, 3.05) is 31.7 Å². The first-order chi connectivity index (χ1) is 10.7. The van der Waals surface area contributed by atoms with E-state index in [1.54, 1.807) is 12.1 Å². The number of nitrogens with one attached hydrogen (secondary N) is 2. The molecule has 2 atom stereocenters. The summed E-state index contributed by atoms with van der Waals surface area (Å²) in [6, 6.07) is 7.34. The average Bonchev–Trinajstić information content (AvgIpc) is 2.52. The van der Waals surface area contributed by atoms with Crippen molar-refractivity contribution in [1.29, 1.82) is 0 Å². The normalized spacial score (nSPS) is 19.6. The summed E-state index contributed by atoms with van der Waals surface area (Å²) in [4.78, 5) is 11.9. The lowest BCUT2D eigenvalue weighted by Crippen LogP contribution is -2.47. The Hall–Kier alpha value is -1.14. The molecule has 1 aromatic carbocycles. The van der Waals surface area contributed by atoms with Crippen molar-refractivity contribution in [3.05, 3.63) is 29.3 Å². The summed E-state index contributed by atoms with van der Waals surface area (Å²) in [7, 11) is 0. The van der Waals surface area contributed by atoms with Crippen molar-refractivity contribution >= 4 is 23.2 Å². The van der Waals surface area contributed by atoms with Crippen LogP contribution in [0.3, 0.4) is 0 Å². The van der Waals surface area contributed by atoms with Gasteiger partial charge in [0.15, 0.2) is 0 Å². The van der Waals surface area contributed by atoms with Crippen LogP contribution in [0.4, 0.5) is 5.69 Å². The number of hydrogen-bond acceptors (Lipinski definition) is 4. The highest BCUT2D eigenvalue weighted by Gasteiger charge is 2.23. The third-order valence-electron chi connectivity index (χ3n) is 3.60. The van der Waals surface area contributed by atoms with Gasteiger partial charge < -0.3 is 20.1 Å². The van der Waals surface area contributed by atoms with Crippen molar-refractivity contribution in [1.82, 2.24) is 5.32 Å². The van der Waals surface area contributed by atoms with Crippen molar-refractivity contribution in [3.8, 4) is 0 Å². The van der Waals surface area contributed by atoms with Gasteiger partial charge in [0, 0.05) is 29.7 Å². The minimum atomic E-state index is -0.0366. The van der Waals surface area contributed by atoms with Gasteiger partial charge in [-0.05, 0) is 24.6 Å². The average molecular weight is 327 g/mol. The van der Waals surface area contributed by atoms with Crippen LogP contribution in [0.1, 0.15) is 19.8 Å². The Labute approximate surface area is 136 Å². The van der Waals surface area contributed by atoms with Crippen molar-refractivity contribution in [3.63, 3.8) is 0 Å². The van der Waals surface area contributed by atoms with E-state index in [2.05, 4.69) is 17.6 Å². The zero-order valence-electron chi connectivity index (χ0n) is 12.8. The molecule has 0 spiro atoms. The van der Waals surface area contributed by atoms with Crippen molar-refractivity contribution < 1.29 is 14.3 Å². The van der Waals surface area contributed by atoms with Gasteiger partial charge in [0.1, 0.15) is 0 Å². The third-order valence-corrected chi connectivity index (χ3v) is 3.83. The van der Waals surface area contributed by atoms with Crippen LogP contribution in [-0.4, -0.2) is 44.4 Å². The number of anilines is 1. The quantitative estimate of drug-likeness (QED) is 0.808. The molecule has 1 saturated heterocycles. The molecular weight excluding hydrogens is 304 g/mol. The highest BCUT2D eigenvalue weighted by molar-refractivity contribution is 6.30. The van der Waals surface area contributed by atoms with Crippen molar-refractivity contribution in [2.45, 2.75) is 31.9 Å². The van der Waals surface area contributed by atoms with E-state index in [4.69, 9.17) is 21.1 Å². The topological polar surface area (TPSA) is 59.6 Å². The minimum Gasteiger partial charge on any atom is -0.376 e. The maximum atomic E-state index is 11.9. The molecule has 1 aromatic rings. The molecule has 0 saturated carbocycles. The number of hydrogen-bond donors (Lipinski definition) is 2. The van der Waals surface area contributed by atoms with Crippen molar-refractivity contribution in [2.24, 2.45) is 0 Å². The maximum absolute atomic E-state index is 11.9. The van der Waals surface area contributed by atoms with E-state index in [9.17, 15) is 4.79 Å². The fraction of sp³-hybridized carbons (Fsp3) is 0.562. The highest BCUT2D eigenvalue weighted by Crippen LogP contribution is 2.15. The number of carbonyl (C=O) groups is 1. The lowest BCUT2D eigenvalue weighted by Gasteiger charge is -2.30. The monoisotopic (exact) mass is 326 g/mol. The van der Waals surface area contributed by atoms with E-state index in [0.29, 0.717) is 43.5 Å². The van der Waals surface area contributed by atoms with Crippen LogP contribution < -0.4 is 10.6 Å². The molecule has 2 unspecified atom stereocenters. The molecule has 0 aromatic heterocycles. The zero-order chi connectivity index (χ0) is 15.8. The molecule has 0 radical (unpaired) electrons. The summed E-state index contributed by atoms with van der Waals surface area (Å²) in [6.45, 7) is 4.61. The number of halogens is 1.